The lowest BCUT2D eigenvalue weighted by molar-refractivity contribution is 0.913. The van der Waals surface area contributed by atoms with Gasteiger partial charge in [-0.05, 0) is 24.4 Å². The van der Waals surface area contributed by atoms with Gasteiger partial charge < -0.3 is 4.98 Å². The lowest BCUT2D eigenvalue weighted by Crippen LogP contribution is -2.18. The average Bonchev–Trinajstić information content (AvgIpc) is 2.19. The van der Waals surface area contributed by atoms with Crippen LogP contribution in [0, 0.1) is 4.77 Å². The number of benzene rings is 1. The first-order chi connectivity index (χ1) is 6.79. The third-order valence-electron chi connectivity index (χ3n) is 1.87. The van der Waals surface area contributed by atoms with Crippen molar-refractivity contribution in [2.75, 3.05) is 0 Å². The van der Waals surface area contributed by atoms with Crippen LogP contribution in [0.1, 0.15) is 0 Å². The van der Waals surface area contributed by atoms with Gasteiger partial charge in [0.25, 0.3) is 5.56 Å². The van der Waals surface area contributed by atoms with Gasteiger partial charge in [-0.25, -0.2) is 0 Å². The van der Waals surface area contributed by atoms with Gasteiger partial charge in [0.15, 0.2) is 4.77 Å². The summed E-state index contributed by atoms with van der Waals surface area (Å²) in [7, 11) is 0. The number of aromatic nitrogens is 2. The van der Waals surface area contributed by atoms with Crippen LogP contribution in [0.25, 0.3) is 5.69 Å². The van der Waals surface area contributed by atoms with E-state index in [0.717, 1.165) is 5.69 Å². The molecule has 1 aromatic heterocycles. The highest BCUT2D eigenvalue weighted by molar-refractivity contribution is 7.71. The van der Waals surface area contributed by atoms with E-state index in [1.54, 1.807) is 6.20 Å². The van der Waals surface area contributed by atoms with Gasteiger partial charge in [0.05, 0.1) is 5.69 Å². The molecule has 1 aromatic carbocycles. The maximum absolute atomic E-state index is 11.5. The van der Waals surface area contributed by atoms with E-state index in [1.165, 1.54) is 10.6 Å². The zero-order valence-electron chi connectivity index (χ0n) is 7.31. The molecule has 0 aliphatic heterocycles. The zero-order valence-corrected chi connectivity index (χ0v) is 8.12. The summed E-state index contributed by atoms with van der Waals surface area (Å²) < 4.78 is 1.86. The smallest absolute Gasteiger partial charge is 0.258 e. The van der Waals surface area contributed by atoms with Gasteiger partial charge in [0, 0.05) is 12.3 Å². The lowest BCUT2D eigenvalue weighted by atomic mass is 10.3. The Morgan fingerprint density at radius 2 is 1.86 bits per heavy atom. The molecule has 70 valence electrons. The second kappa shape index (κ2) is 3.59. The summed E-state index contributed by atoms with van der Waals surface area (Å²) in [5.41, 5.74) is 0.652. The number of nitrogens with one attached hydrogen (secondary N) is 1. The second-order valence-electron chi connectivity index (χ2n) is 2.79. The van der Waals surface area contributed by atoms with Gasteiger partial charge in [-0.15, -0.1) is 0 Å². The number of nitrogens with zero attached hydrogens (tertiary/aromatic N) is 1. The van der Waals surface area contributed by atoms with Crippen molar-refractivity contribution in [3.8, 4) is 5.69 Å². The summed E-state index contributed by atoms with van der Waals surface area (Å²) in [5.74, 6) is 0. The molecule has 0 aliphatic rings. The van der Waals surface area contributed by atoms with Crippen LogP contribution in [0.4, 0.5) is 0 Å². The molecule has 2 rings (SSSR count). The summed E-state index contributed by atoms with van der Waals surface area (Å²) in [6.45, 7) is 0. The number of hydrogen-bond donors (Lipinski definition) is 1. The predicted molar refractivity (Wildman–Crippen MR) is 57.2 cm³/mol. The topological polar surface area (TPSA) is 37.8 Å². The van der Waals surface area contributed by atoms with Crippen LogP contribution in [0.5, 0.6) is 0 Å². The van der Waals surface area contributed by atoms with Gasteiger partial charge in [0.1, 0.15) is 0 Å². The fourth-order valence-corrected chi connectivity index (χ4v) is 1.51. The molecular weight excluding hydrogens is 196 g/mol. The van der Waals surface area contributed by atoms with Crippen molar-refractivity contribution in [3.63, 3.8) is 0 Å². The van der Waals surface area contributed by atoms with E-state index < -0.39 is 0 Å². The van der Waals surface area contributed by atoms with Crippen molar-refractivity contribution in [3.05, 3.63) is 57.7 Å². The van der Waals surface area contributed by atoms with Crippen LogP contribution in [-0.2, 0) is 0 Å². The van der Waals surface area contributed by atoms with Gasteiger partial charge in [-0.3, -0.25) is 9.36 Å². The second-order valence-corrected chi connectivity index (χ2v) is 3.18. The van der Waals surface area contributed by atoms with Crippen molar-refractivity contribution in [2.24, 2.45) is 0 Å². The molecule has 3 nitrogen and oxygen atoms in total. The molecule has 0 amide bonds. The highest BCUT2D eigenvalue weighted by Crippen LogP contribution is 2.02. The summed E-state index contributed by atoms with van der Waals surface area (Å²) in [5, 5.41) is 0. The molecule has 0 radical (unpaired) electrons. The molecule has 0 fully saturated rings. The van der Waals surface area contributed by atoms with Gasteiger partial charge >= 0.3 is 0 Å². The minimum atomic E-state index is -0.125. The van der Waals surface area contributed by atoms with Crippen molar-refractivity contribution in [1.29, 1.82) is 0 Å². The molecule has 0 unspecified atom stereocenters. The minimum absolute atomic E-state index is 0.125. The number of rotatable bonds is 1. The maximum atomic E-state index is 11.5. The predicted octanol–water partition coefficient (Wildman–Crippen LogP) is 1.90. The number of hydrogen-bond acceptors (Lipinski definition) is 2. The fraction of sp³-hybridized carbons (Fsp3) is 0. The first-order valence-electron chi connectivity index (χ1n) is 4.15. The third-order valence-corrected chi connectivity index (χ3v) is 2.17. The van der Waals surface area contributed by atoms with Crippen LogP contribution >= 0.6 is 12.2 Å². The Kier molecular flexibility index (Phi) is 2.28. The van der Waals surface area contributed by atoms with Crippen molar-refractivity contribution in [1.82, 2.24) is 9.55 Å². The lowest BCUT2D eigenvalue weighted by Gasteiger charge is -2.03. The fourth-order valence-electron chi connectivity index (χ4n) is 1.24. The standard InChI is InChI=1S/C10H8N2OS/c13-9-6-7-11-10(14)12(9)8-4-2-1-3-5-8/h1-7H,(H,11,14). The summed E-state index contributed by atoms with van der Waals surface area (Å²) in [6.07, 6.45) is 1.55. The van der Waals surface area contributed by atoms with Crippen molar-refractivity contribution in [2.45, 2.75) is 0 Å². The molecule has 2 aromatic rings. The van der Waals surface area contributed by atoms with E-state index >= 15 is 0 Å². The van der Waals surface area contributed by atoms with Crippen molar-refractivity contribution < 1.29 is 0 Å². The van der Waals surface area contributed by atoms with Gasteiger partial charge in [-0.1, -0.05) is 18.2 Å². The van der Waals surface area contributed by atoms with Crippen molar-refractivity contribution >= 4 is 12.2 Å². The van der Waals surface area contributed by atoms with E-state index in [1.807, 2.05) is 30.3 Å². The summed E-state index contributed by atoms with van der Waals surface area (Å²) in [6, 6.07) is 10.7. The zero-order chi connectivity index (χ0) is 9.97. The molecule has 0 saturated heterocycles. The van der Waals surface area contributed by atoms with Gasteiger partial charge in [-0.2, -0.15) is 0 Å². The Balaban J connectivity index is 2.76. The van der Waals surface area contributed by atoms with E-state index in [0.29, 0.717) is 4.77 Å². The van der Waals surface area contributed by atoms with Crippen LogP contribution in [0.2, 0.25) is 0 Å². The van der Waals surface area contributed by atoms with Crippen LogP contribution < -0.4 is 5.56 Å². The van der Waals surface area contributed by atoms with E-state index in [-0.39, 0.29) is 5.56 Å². The van der Waals surface area contributed by atoms with Crippen LogP contribution in [-0.4, -0.2) is 9.55 Å². The van der Waals surface area contributed by atoms with E-state index in [9.17, 15) is 4.79 Å². The number of H-pyrrole nitrogens is 1. The molecule has 0 atom stereocenters. The SMILES string of the molecule is O=c1cc[nH]c(=S)n1-c1ccccc1. The first kappa shape index (κ1) is 8.90. The third kappa shape index (κ3) is 1.52. The van der Waals surface area contributed by atoms with Crippen LogP contribution in [0.3, 0.4) is 0 Å². The monoisotopic (exact) mass is 204 g/mol. The molecule has 1 heterocycles. The van der Waals surface area contributed by atoms with E-state index in [2.05, 4.69) is 4.98 Å². The molecule has 4 heteroatoms. The Morgan fingerprint density at radius 1 is 1.14 bits per heavy atom. The summed E-state index contributed by atoms with van der Waals surface area (Å²) >= 11 is 5.03. The maximum Gasteiger partial charge on any atom is 0.258 e. The van der Waals surface area contributed by atoms with Crippen LogP contribution in [0.15, 0.2) is 47.4 Å². The number of aromatic amines is 1. The Morgan fingerprint density at radius 3 is 2.50 bits per heavy atom. The average molecular weight is 204 g/mol. The Bertz CT molecular complexity index is 514. The summed E-state index contributed by atoms with van der Waals surface area (Å²) in [4.78, 5) is 14.3. The molecular formula is C10H8N2OS. The molecule has 1 N–H and O–H groups in total. The molecule has 0 bridgehead atoms. The van der Waals surface area contributed by atoms with Gasteiger partial charge in [0.2, 0.25) is 0 Å². The molecule has 0 aliphatic carbocycles. The number of para-hydroxylation sites is 1. The molecule has 14 heavy (non-hydrogen) atoms. The highest BCUT2D eigenvalue weighted by atomic mass is 32.1. The first-order valence-corrected chi connectivity index (χ1v) is 4.56. The highest BCUT2D eigenvalue weighted by Gasteiger charge is 1.98. The molecule has 0 spiro atoms. The molecule has 0 saturated carbocycles. The Hall–Kier alpha value is -1.68. The Labute approximate surface area is 85.7 Å². The normalized spacial score (nSPS) is 10.0. The largest absolute Gasteiger partial charge is 0.338 e. The minimum Gasteiger partial charge on any atom is -0.338 e. The quantitative estimate of drug-likeness (QED) is 0.720. The van der Waals surface area contributed by atoms with E-state index in [4.69, 9.17) is 12.2 Å².